The van der Waals surface area contributed by atoms with Crippen LogP contribution in [-0.4, -0.2) is 99.7 Å². The summed E-state index contributed by atoms with van der Waals surface area (Å²) >= 11 is 0. The predicted octanol–water partition coefficient (Wildman–Crippen LogP) is 0.776. The number of hydrogen-bond donors (Lipinski definition) is 0. The largest absolute Gasteiger partial charge is 0.481 e. The van der Waals surface area contributed by atoms with Crippen LogP contribution in [0, 0.1) is 0 Å². The molecule has 0 aliphatic carbocycles. The van der Waals surface area contributed by atoms with Crippen molar-refractivity contribution in [3.8, 4) is 5.75 Å². The Labute approximate surface area is 182 Å². The Morgan fingerprint density at radius 1 is 1.00 bits per heavy atom. The Bertz CT molecular complexity index is 861. The average molecular weight is 456 g/mol. The van der Waals surface area contributed by atoms with E-state index in [1.54, 1.807) is 30.9 Å². The van der Waals surface area contributed by atoms with E-state index in [4.69, 9.17) is 14.2 Å². The molecular weight excluding hydrogens is 426 g/mol. The van der Waals surface area contributed by atoms with E-state index in [-0.39, 0.29) is 43.6 Å². The molecule has 11 heteroatoms. The van der Waals surface area contributed by atoms with Gasteiger partial charge >= 0.3 is 6.09 Å². The highest BCUT2D eigenvalue weighted by Gasteiger charge is 2.31. The summed E-state index contributed by atoms with van der Waals surface area (Å²) in [6.45, 7) is 6.73. The van der Waals surface area contributed by atoms with Crippen molar-refractivity contribution in [2.45, 2.75) is 24.8 Å². The first-order valence-corrected chi connectivity index (χ1v) is 11.8. The number of benzene rings is 1. The van der Waals surface area contributed by atoms with Crippen LogP contribution in [0.4, 0.5) is 4.79 Å². The third-order valence-electron chi connectivity index (χ3n) is 5.21. The van der Waals surface area contributed by atoms with Gasteiger partial charge in [-0.1, -0.05) is 0 Å². The normalized spacial score (nSPS) is 19.0. The number of piperazine rings is 1. The second-order valence-electron chi connectivity index (χ2n) is 7.26. The average Bonchev–Trinajstić information content (AvgIpc) is 2.79. The standard InChI is InChI=1S/C20H29N3O7S/c1-3-29-20(25)22-8-10-23(11-9-22)31(26,27)18-6-4-17(5-7-18)30-16(2)19(24)21-12-14-28-15-13-21/h4-7,16H,3,8-15H2,1-2H3/t16-/m0/s1. The van der Waals surface area contributed by atoms with Crippen molar-refractivity contribution in [1.82, 2.24) is 14.1 Å². The SMILES string of the molecule is CCOC(=O)N1CCN(S(=O)(=O)c2ccc(O[C@@H](C)C(=O)N3CCOCC3)cc2)CC1. The summed E-state index contributed by atoms with van der Waals surface area (Å²) in [5.41, 5.74) is 0. The second-order valence-corrected chi connectivity index (χ2v) is 9.20. The number of carbonyl (C=O) groups is 2. The van der Waals surface area contributed by atoms with Crippen LogP contribution < -0.4 is 4.74 Å². The third-order valence-corrected chi connectivity index (χ3v) is 7.12. The molecule has 1 aromatic rings. The van der Waals surface area contributed by atoms with Gasteiger partial charge in [-0.2, -0.15) is 4.31 Å². The molecule has 2 fully saturated rings. The van der Waals surface area contributed by atoms with Gasteiger partial charge in [0.25, 0.3) is 5.91 Å². The van der Waals surface area contributed by atoms with Gasteiger partial charge in [-0.3, -0.25) is 4.79 Å². The first kappa shape index (κ1) is 23.3. The number of morpholine rings is 1. The molecule has 3 rings (SSSR count). The highest BCUT2D eigenvalue weighted by molar-refractivity contribution is 7.89. The summed E-state index contributed by atoms with van der Waals surface area (Å²) < 4.78 is 43.1. The third kappa shape index (κ3) is 5.66. The summed E-state index contributed by atoms with van der Waals surface area (Å²) in [6.07, 6.45) is -1.11. The molecule has 0 bridgehead atoms. The predicted molar refractivity (Wildman–Crippen MR) is 111 cm³/mol. The van der Waals surface area contributed by atoms with Gasteiger partial charge in [0.2, 0.25) is 10.0 Å². The molecule has 0 aromatic heterocycles. The van der Waals surface area contributed by atoms with Crippen LogP contribution in [0.1, 0.15) is 13.8 Å². The number of sulfonamides is 1. The molecule has 1 atom stereocenters. The first-order valence-electron chi connectivity index (χ1n) is 10.4. The summed E-state index contributed by atoms with van der Waals surface area (Å²) in [5, 5.41) is 0. The van der Waals surface area contributed by atoms with Gasteiger partial charge in [0.15, 0.2) is 6.10 Å². The molecule has 172 valence electrons. The topological polar surface area (TPSA) is 106 Å². The Balaban J connectivity index is 1.57. The molecule has 31 heavy (non-hydrogen) atoms. The second kappa shape index (κ2) is 10.3. The molecule has 2 aliphatic rings. The lowest BCUT2D eigenvalue weighted by Crippen LogP contribution is -2.50. The molecule has 2 aliphatic heterocycles. The Hall–Kier alpha value is -2.37. The van der Waals surface area contributed by atoms with Crippen molar-refractivity contribution >= 4 is 22.0 Å². The number of carbonyl (C=O) groups excluding carboxylic acids is 2. The minimum absolute atomic E-state index is 0.125. The zero-order valence-electron chi connectivity index (χ0n) is 17.9. The fourth-order valence-electron chi connectivity index (χ4n) is 3.46. The van der Waals surface area contributed by atoms with Crippen molar-refractivity contribution in [3.63, 3.8) is 0 Å². The fraction of sp³-hybridized carbons (Fsp3) is 0.600. The van der Waals surface area contributed by atoms with E-state index in [1.165, 1.54) is 21.3 Å². The molecule has 2 heterocycles. The van der Waals surface area contributed by atoms with Gasteiger partial charge in [0.1, 0.15) is 5.75 Å². The van der Waals surface area contributed by atoms with Crippen LogP contribution in [0.3, 0.4) is 0 Å². The van der Waals surface area contributed by atoms with Gasteiger partial charge in [0, 0.05) is 39.3 Å². The van der Waals surface area contributed by atoms with Crippen LogP contribution in [0.25, 0.3) is 0 Å². The zero-order chi connectivity index (χ0) is 22.4. The summed E-state index contributed by atoms with van der Waals surface area (Å²) in [6, 6.07) is 6.03. The van der Waals surface area contributed by atoms with E-state index in [2.05, 4.69) is 0 Å². The Morgan fingerprint density at radius 2 is 1.61 bits per heavy atom. The smallest absolute Gasteiger partial charge is 0.409 e. The van der Waals surface area contributed by atoms with Gasteiger partial charge in [-0.25, -0.2) is 13.2 Å². The lowest BCUT2D eigenvalue weighted by molar-refractivity contribution is -0.142. The molecule has 0 unspecified atom stereocenters. The Kier molecular flexibility index (Phi) is 7.74. The van der Waals surface area contributed by atoms with Crippen LogP contribution in [0.2, 0.25) is 0 Å². The zero-order valence-corrected chi connectivity index (χ0v) is 18.7. The van der Waals surface area contributed by atoms with Crippen molar-refractivity contribution in [1.29, 1.82) is 0 Å². The molecular formula is C20H29N3O7S. The van der Waals surface area contributed by atoms with Crippen molar-refractivity contribution in [3.05, 3.63) is 24.3 Å². The lowest BCUT2D eigenvalue weighted by Gasteiger charge is -2.33. The minimum Gasteiger partial charge on any atom is -0.481 e. The van der Waals surface area contributed by atoms with Gasteiger partial charge in [-0.15, -0.1) is 0 Å². The molecule has 10 nitrogen and oxygen atoms in total. The Morgan fingerprint density at radius 3 is 2.19 bits per heavy atom. The van der Waals surface area contributed by atoms with E-state index in [0.29, 0.717) is 32.1 Å². The highest BCUT2D eigenvalue weighted by atomic mass is 32.2. The van der Waals surface area contributed by atoms with E-state index < -0.39 is 22.2 Å². The van der Waals surface area contributed by atoms with Crippen LogP contribution in [-0.2, 0) is 24.3 Å². The van der Waals surface area contributed by atoms with Crippen LogP contribution in [0.5, 0.6) is 5.75 Å². The number of nitrogens with zero attached hydrogens (tertiary/aromatic N) is 3. The molecule has 0 saturated carbocycles. The summed E-state index contributed by atoms with van der Waals surface area (Å²) in [7, 11) is -3.69. The lowest BCUT2D eigenvalue weighted by atomic mass is 10.3. The molecule has 2 amide bonds. The van der Waals surface area contributed by atoms with Gasteiger partial charge < -0.3 is 24.0 Å². The molecule has 2 saturated heterocycles. The van der Waals surface area contributed by atoms with Crippen molar-refractivity contribution in [2.75, 3.05) is 59.1 Å². The number of rotatable bonds is 6. The highest BCUT2D eigenvalue weighted by Crippen LogP contribution is 2.22. The minimum atomic E-state index is -3.69. The van der Waals surface area contributed by atoms with Crippen LogP contribution >= 0.6 is 0 Å². The van der Waals surface area contributed by atoms with E-state index >= 15 is 0 Å². The maximum absolute atomic E-state index is 12.9. The number of amides is 2. The monoisotopic (exact) mass is 455 g/mol. The van der Waals surface area contributed by atoms with Crippen molar-refractivity contribution < 1.29 is 32.2 Å². The number of ether oxygens (including phenoxy) is 3. The maximum atomic E-state index is 12.9. The fourth-order valence-corrected chi connectivity index (χ4v) is 4.88. The van der Waals surface area contributed by atoms with E-state index in [1.807, 2.05) is 0 Å². The van der Waals surface area contributed by atoms with Gasteiger partial charge in [0.05, 0.1) is 24.7 Å². The van der Waals surface area contributed by atoms with Crippen LogP contribution in [0.15, 0.2) is 29.2 Å². The summed E-state index contributed by atoms with van der Waals surface area (Å²) in [5.74, 6) is 0.291. The molecule has 0 spiro atoms. The van der Waals surface area contributed by atoms with E-state index in [0.717, 1.165) is 0 Å². The van der Waals surface area contributed by atoms with E-state index in [9.17, 15) is 18.0 Å². The van der Waals surface area contributed by atoms with Gasteiger partial charge in [-0.05, 0) is 38.1 Å². The molecule has 1 aromatic carbocycles. The molecule has 0 radical (unpaired) electrons. The summed E-state index contributed by atoms with van der Waals surface area (Å²) in [4.78, 5) is 27.6. The maximum Gasteiger partial charge on any atom is 0.409 e. The number of hydrogen-bond acceptors (Lipinski definition) is 7. The molecule has 0 N–H and O–H groups in total. The quantitative estimate of drug-likeness (QED) is 0.624. The first-order chi connectivity index (χ1) is 14.8. The van der Waals surface area contributed by atoms with Crippen molar-refractivity contribution in [2.24, 2.45) is 0 Å².